The second kappa shape index (κ2) is 13.8. The molecule has 3 aromatic rings. The zero-order chi connectivity index (χ0) is 31.3. The van der Waals surface area contributed by atoms with E-state index < -0.39 is 11.7 Å². The Kier molecular flexibility index (Phi) is 9.88. The molecular formula is C34H42N4O5S. The molecule has 0 atom stereocenters. The number of hydrogen-bond donors (Lipinski definition) is 2. The highest BCUT2D eigenvalue weighted by Crippen LogP contribution is 2.39. The van der Waals surface area contributed by atoms with E-state index in [1.807, 2.05) is 69.0 Å². The largest absolute Gasteiger partial charge is 0.494 e. The van der Waals surface area contributed by atoms with Gasteiger partial charge in [0, 0.05) is 35.1 Å². The summed E-state index contributed by atoms with van der Waals surface area (Å²) in [4.78, 5) is 44.9. The summed E-state index contributed by atoms with van der Waals surface area (Å²) in [6.45, 7) is 9.40. The molecule has 5 rings (SSSR count). The van der Waals surface area contributed by atoms with Crippen molar-refractivity contribution in [2.75, 3.05) is 29.9 Å². The molecule has 1 saturated carbocycles. The molecule has 10 heteroatoms. The number of anilines is 2. The Morgan fingerprint density at radius 3 is 2.66 bits per heavy atom. The van der Waals surface area contributed by atoms with Crippen molar-refractivity contribution in [1.29, 1.82) is 0 Å². The number of aryl methyl sites for hydroxylation is 1. The van der Waals surface area contributed by atoms with Crippen LogP contribution in [0.4, 0.5) is 15.6 Å². The number of aromatic nitrogens is 1. The number of nitrogens with zero attached hydrogens (tertiary/aromatic N) is 2. The molecule has 2 heterocycles. The molecule has 1 fully saturated rings. The molecule has 0 spiro atoms. The molecule has 1 aliphatic heterocycles. The quantitative estimate of drug-likeness (QED) is 0.219. The predicted octanol–water partition coefficient (Wildman–Crippen LogP) is 6.67. The van der Waals surface area contributed by atoms with Gasteiger partial charge in [0.1, 0.15) is 11.4 Å². The van der Waals surface area contributed by atoms with Gasteiger partial charge in [-0.1, -0.05) is 18.2 Å². The van der Waals surface area contributed by atoms with Gasteiger partial charge in [0.05, 0.1) is 18.7 Å². The number of carbonyl (C=O) groups is 3. The van der Waals surface area contributed by atoms with E-state index in [0.717, 1.165) is 78.2 Å². The predicted molar refractivity (Wildman–Crippen MR) is 173 cm³/mol. The van der Waals surface area contributed by atoms with Crippen molar-refractivity contribution in [2.45, 2.75) is 78.2 Å². The van der Waals surface area contributed by atoms with Gasteiger partial charge < -0.3 is 25.0 Å². The van der Waals surface area contributed by atoms with Gasteiger partial charge in [-0.3, -0.25) is 9.59 Å². The van der Waals surface area contributed by atoms with Crippen LogP contribution in [0.2, 0.25) is 0 Å². The lowest BCUT2D eigenvalue weighted by Gasteiger charge is -2.19. The van der Waals surface area contributed by atoms with Gasteiger partial charge in [0.2, 0.25) is 11.8 Å². The number of benzene rings is 2. The van der Waals surface area contributed by atoms with Gasteiger partial charge in [0.25, 0.3) is 0 Å². The third-order valence-corrected chi connectivity index (χ3v) is 8.39. The van der Waals surface area contributed by atoms with Crippen LogP contribution in [0.25, 0.3) is 11.3 Å². The SMILES string of the molecule is Cc1sc(NC(=O)Cc2cccc(OCCCCCNC(=O)OC(C)(C)C)c2)nc1-c1ccc2c(c1)CCN2C(=O)C1CC1. The molecular weight excluding hydrogens is 576 g/mol. The molecule has 1 aromatic heterocycles. The van der Waals surface area contributed by atoms with Crippen molar-refractivity contribution in [2.24, 2.45) is 5.92 Å². The third-order valence-electron chi connectivity index (χ3n) is 7.51. The topological polar surface area (TPSA) is 110 Å². The first-order valence-corrected chi connectivity index (χ1v) is 16.3. The van der Waals surface area contributed by atoms with Crippen LogP contribution >= 0.6 is 11.3 Å². The second-order valence-corrected chi connectivity index (χ2v) is 13.7. The highest BCUT2D eigenvalue weighted by molar-refractivity contribution is 7.16. The molecule has 44 heavy (non-hydrogen) atoms. The number of unbranched alkanes of at least 4 members (excludes halogenated alkanes) is 2. The summed E-state index contributed by atoms with van der Waals surface area (Å²) in [7, 11) is 0. The van der Waals surface area contributed by atoms with E-state index >= 15 is 0 Å². The van der Waals surface area contributed by atoms with E-state index in [0.29, 0.717) is 18.3 Å². The van der Waals surface area contributed by atoms with Crippen LogP contribution in [0.3, 0.4) is 0 Å². The van der Waals surface area contributed by atoms with Crippen molar-refractivity contribution in [1.82, 2.24) is 10.3 Å². The van der Waals surface area contributed by atoms with Crippen LogP contribution in [-0.2, 0) is 27.2 Å². The van der Waals surface area contributed by atoms with Crippen molar-refractivity contribution in [3.8, 4) is 17.0 Å². The van der Waals surface area contributed by atoms with E-state index in [2.05, 4.69) is 16.7 Å². The number of fused-ring (bicyclic) bond motifs is 1. The van der Waals surface area contributed by atoms with E-state index in [-0.39, 0.29) is 24.2 Å². The number of hydrogen-bond acceptors (Lipinski definition) is 7. The summed E-state index contributed by atoms with van der Waals surface area (Å²) >= 11 is 1.46. The molecule has 0 radical (unpaired) electrons. The minimum absolute atomic E-state index is 0.136. The summed E-state index contributed by atoms with van der Waals surface area (Å²) in [5.41, 5.74) is 4.41. The average molecular weight is 619 g/mol. The summed E-state index contributed by atoms with van der Waals surface area (Å²) < 4.78 is 11.1. The van der Waals surface area contributed by atoms with Gasteiger partial charge in [-0.25, -0.2) is 9.78 Å². The Morgan fingerprint density at radius 2 is 1.89 bits per heavy atom. The zero-order valence-corrected chi connectivity index (χ0v) is 26.9. The summed E-state index contributed by atoms with van der Waals surface area (Å²) in [5.74, 6) is 1.05. The molecule has 0 saturated heterocycles. The Bertz CT molecular complexity index is 1510. The summed E-state index contributed by atoms with van der Waals surface area (Å²) in [6, 6.07) is 13.8. The van der Waals surface area contributed by atoms with Gasteiger partial charge >= 0.3 is 6.09 Å². The number of nitrogens with one attached hydrogen (secondary N) is 2. The van der Waals surface area contributed by atoms with Gasteiger partial charge in [0.15, 0.2) is 5.13 Å². The first-order chi connectivity index (χ1) is 21.1. The minimum Gasteiger partial charge on any atom is -0.494 e. The number of amides is 3. The van der Waals surface area contributed by atoms with Crippen LogP contribution in [0.5, 0.6) is 5.75 Å². The van der Waals surface area contributed by atoms with E-state index in [1.165, 1.54) is 16.9 Å². The van der Waals surface area contributed by atoms with Crippen molar-refractivity contribution in [3.05, 3.63) is 58.5 Å². The Labute approximate surface area is 263 Å². The van der Waals surface area contributed by atoms with Crippen molar-refractivity contribution in [3.63, 3.8) is 0 Å². The Morgan fingerprint density at radius 1 is 1.07 bits per heavy atom. The lowest BCUT2D eigenvalue weighted by molar-refractivity contribution is -0.119. The Hall–Kier alpha value is -3.92. The highest BCUT2D eigenvalue weighted by atomic mass is 32.1. The molecule has 2 aliphatic rings. The highest BCUT2D eigenvalue weighted by Gasteiger charge is 2.36. The smallest absolute Gasteiger partial charge is 0.407 e. The number of rotatable bonds is 12. The van der Waals surface area contributed by atoms with Crippen molar-refractivity contribution >= 4 is 40.1 Å². The van der Waals surface area contributed by atoms with E-state index in [9.17, 15) is 14.4 Å². The second-order valence-electron chi connectivity index (χ2n) is 12.5. The molecule has 2 aromatic carbocycles. The van der Waals surface area contributed by atoms with E-state index in [1.54, 1.807) is 0 Å². The monoisotopic (exact) mass is 618 g/mol. The summed E-state index contributed by atoms with van der Waals surface area (Å²) in [6.07, 6.45) is 5.30. The normalized spacial score (nSPS) is 14.2. The maximum absolute atomic E-state index is 12.9. The fourth-order valence-electron chi connectivity index (χ4n) is 5.24. The molecule has 1 aliphatic carbocycles. The first-order valence-electron chi connectivity index (χ1n) is 15.5. The van der Waals surface area contributed by atoms with Crippen LogP contribution in [-0.4, -0.2) is 48.2 Å². The van der Waals surface area contributed by atoms with Gasteiger partial charge in [-0.2, -0.15) is 0 Å². The Balaban J connectivity index is 1.07. The number of ether oxygens (including phenoxy) is 2. The third kappa shape index (κ3) is 8.59. The fourth-order valence-corrected chi connectivity index (χ4v) is 6.09. The van der Waals surface area contributed by atoms with Gasteiger partial charge in [-0.05, 0) is 102 Å². The molecule has 234 valence electrons. The molecule has 0 unspecified atom stereocenters. The van der Waals surface area contributed by atoms with Crippen LogP contribution in [0, 0.1) is 12.8 Å². The van der Waals surface area contributed by atoms with Crippen LogP contribution < -0.4 is 20.3 Å². The first kappa shape index (κ1) is 31.5. The maximum Gasteiger partial charge on any atom is 0.407 e. The summed E-state index contributed by atoms with van der Waals surface area (Å²) in [5, 5.41) is 6.30. The van der Waals surface area contributed by atoms with Gasteiger partial charge in [-0.15, -0.1) is 11.3 Å². The zero-order valence-electron chi connectivity index (χ0n) is 26.0. The van der Waals surface area contributed by atoms with Crippen LogP contribution in [0.15, 0.2) is 42.5 Å². The minimum atomic E-state index is -0.498. The molecule has 3 amide bonds. The van der Waals surface area contributed by atoms with E-state index in [4.69, 9.17) is 14.5 Å². The molecule has 9 nitrogen and oxygen atoms in total. The maximum atomic E-state index is 12.9. The molecule has 0 bridgehead atoms. The average Bonchev–Trinajstić information content (AvgIpc) is 3.63. The van der Waals surface area contributed by atoms with Crippen molar-refractivity contribution < 1.29 is 23.9 Å². The number of thiazole rings is 1. The standard InChI is InChI=1S/C34H42N4O5S/c1-22-30(26-13-14-28-25(21-26)15-17-38(28)31(40)24-11-12-24)37-32(44-22)36-29(39)20-23-9-8-10-27(19-23)42-18-7-5-6-16-35-33(41)43-34(2,3)4/h8-10,13-14,19,21,24H,5-7,11-12,15-18,20H2,1-4H3,(H,35,41)(H,36,37,39). The lowest BCUT2D eigenvalue weighted by atomic mass is 10.1. The molecule has 2 N–H and O–H groups in total. The van der Waals surface area contributed by atoms with Crippen LogP contribution in [0.1, 0.15) is 68.9 Å². The number of alkyl carbamates (subject to hydrolysis) is 1. The lowest BCUT2D eigenvalue weighted by Crippen LogP contribution is -2.33. The fraction of sp³-hybridized carbons (Fsp3) is 0.471. The number of carbonyl (C=O) groups excluding carboxylic acids is 3.